The molecule has 1 amide bonds. The van der Waals surface area contributed by atoms with E-state index in [1.807, 2.05) is 18.2 Å². The van der Waals surface area contributed by atoms with Gasteiger partial charge in [0.2, 0.25) is 0 Å². The highest BCUT2D eigenvalue weighted by Gasteiger charge is 2.29. The lowest BCUT2D eigenvalue weighted by Crippen LogP contribution is -2.40. The number of guanidine groups is 1. The molecule has 1 aromatic carbocycles. The summed E-state index contributed by atoms with van der Waals surface area (Å²) >= 11 is 0. The van der Waals surface area contributed by atoms with Gasteiger partial charge in [-0.05, 0) is 57.7 Å². The molecule has 1 aliphatic rings. The molecule has 0 radical (unpaired) electrons. The van der Waals surface area contributed by atoms with Gasteiger partial charge in [-0.1, -0.05) is 12.1 Å². The van der Waals surface area contributed by atoms with Crippen molar-refractivity contribution in [3.05, 3.63) is 35.4 Å². The van der Waals surface area contributed by atoms with Gasteiger partial charge < -0.3 is 15.5 Å². The molecule has 0 spiro atoms. The number of benzene rings is 1. The Morgan fingerprint density at radius 1 is 1.24 bits per heavy atom. The van der Waals surface area contributed by atoms with Crippen LogP contribution < -0.4 is 10.6 Å². The first-order chi connectivity index (χ1) is 13.4. The van der Waals surface area contributed by atoms with E-state index in [0.29, 0.717) is 6.04 Å². The molecule has 7 heteroatoms. The van der Waals surface area contributed by atoms with Crippen LogP contribution >= 0.6 is 24.0 Å². The van der Waals surface area contributed by atoms with Crippen LogP contribution in [0.15, 0.2) is 29.3 Å². The number of halogens is 1. The summed E-state index contributed by atoms with van der Waals surface area (Å²) < 4.78 is 0. The number of aliphatic imine (C=N–C) groups is 1. The molecule has 0 heterocycles. The van der Waals surface area contributed by atoms with Crippen LogP contribution in [0.5, 0.6) is 0 Å². The van der Waals surface area contributed by atoms with E-state index in [4.69, 9.17) is 4.99 Å². The van der Waals surface area contributed by atoms with Crippen molar-refractivity contribution in [3.8, 4) is 0 Å². The minimum Gasteiger partial charge on any atom is -0.357 e. The summed E-state index contributed by atoms with van der Waals surface area (Å²) in [6.07, 6.45) is 3.50. The molecule has 0 atom stereocenters. The fraction of sp³-hybridized carbons (Fsp3) is 0.636. The number of hydrogen-bond acceptors (Lipinski definition) is 3. The smallest absolute Gasteiger partial charge is 0.253 e. The van der Waals surface area contributed by atoms with E-state index in [1.54, 1.807) is 19.0 Å². The van der Waals surface area contributed by atoms with Crippen LogP contribution in [0.1, 0.15) is 49.5 Å². The number of amides is 1. The van der Waals surface area contributed by atoms with Crippen LogP contribution in [0.4, 0.5) is 0 Å². The van der Waals surface area contributed by atoms with Crippen molar-refractivity contribution < 1.29 is 4.79 Å². The Kier molecular flexibility index (Phi) is 11.6. The molecular weight excluding hydrogens is 477 g/mol. The van der Waals surface area contributed by atoms with Gasteiger partial charge in [0.25, 0.3) is 5.91 Å². The average molecular weight is 515 g/mol. The number of carbonyl (C=O) groups is 1. The van der Waals surface area contributed by atoms with Crippen molar-refractivity contribution in [2.75, 3.05) is 40.3 Å². The maximum atomic E-state index is 12.1. The first kappa shape index (κ1) is 25.7. The van der Waals surface area contributed by atoms with Gasteiger partial charge in [0.1, 0.15) is 0 Å². The van der Waals surface area contributed by atoms with E-state index in [-0.39, 0.29) is 29.9 Å². The standard InChI is InChI=1S/C22H37N5O.HI/c1-6-23-22(25-14-15-27(17(2)3)20-10-11-20)24-13-12-18-8-7-9-19(16-18)21(28)26(4)5;/h7-9,16-17,20H,6,10-15H2,1-5H3,(H2,23,24,25);1H. The number of nitrogens with zero attached hydrogens (tertiary/aromatic N) is 3. The van der Waals surface area contributed by atoms with Crippen molar-refractivity contribution in [3.63, 3.8) is 0 Å². The highest BCUT2D eigenvalue weighted by molar-refractivity contribution is 14.0. The van der Waals surface area contributed by atoms with Crippen molar-refractivity contribution in [2.24, 2.45) is 4.99 Å². The fourth-order valence-corrected chi connectivity index (χ4v) is 3.33. The normalized spacial score (nSPS) is 14.0. The lowest BCUT2D eigenvalue weighted by molar-refractivity contribution is 0.0827. The topological polar surface area (TPSA) is 60.0 Å². The van der Waals surface area contributed by atoms with Gasteiger partial charge in [0, 0.05) is 51.4 Å². The van der Waals surface area contributed by atoms with Gasteiger partial charge in [0.15, 0.2) is 5.96 Å². The summed E-state index contributed by atoms with van der Waals surface area (Å²) in [6, 6.07) is 9.20. The first-order valence-electron chi connectivity index (χ1n) is 10.5. The zero-order valence-electron chi connectivity index (χ0n) is 18.6. The van der Waals surface area contributed by atoms with E-state index in [2.05, 4.69) is 42.4 Å². The van der Waals surface area contributed by atoms with E-state index >= 15 is 0 Å². The van der Waals surface area contributed by atoms with Gasteiger partial charge >= 0.3 is 0 Å². The largest absolute Gasteiger partial charge is 0.357 e. The molecule has 0 aliphatic heterocycles. The van der Waals surface area contributed by atoms with E-state index in [0.717, 1.165) is 55.7 Å². The van der Waals surface area contributed by atoms with Gasteiger partial charge in [-0.3, -0.25) is 14.7 Å². The predicted molar refractivity (Wildman–Crippen MR) is 132 cm³/mol. The highest BCUT2D eigenvalue weighted by Crippen LogP contribution is 2.28. The molecule has 0 saturated heterocycles. The lowest BCUT2D eigenvalue weighted by Gasteiger charge is -2.25. The van der Waals surface area contributed by atoms with Crippen LogP contribution in [0.3, 0.4) is 0 Å². The number of carbonyl (C=O) groups excluding carboxylic acids is 1. The van der Waals surface area contributed by atoms with Crippen LogP contribution in [-0.2, 0) is 6.42 Å². The number of hydrogen-bond donors (Lipinski definition) is 2. The maximum Gasteiger partial charge on any atom is 0.253 e. The van der Waals surface area contributed by atoms with E-state index in [9.17, 15) is 4.79 Å². The second-order valence-electron chi connectivity index (χ2n) is 7.90. The van der Waals surface area contributed by atoms with Crippen molar-refractivity contribution in [1.29, 1.82) is 0 Å². The van der Waals surface area contributed by atoms with Crippen molar-refractivity contribution in [1.82, 2.24) is 20.4 Å². The molecule has 164 valence electrons. The molecule has 0 aromatic heterocycles. The van der Waals surface area contributed by atoms with Crippen LogP contribution in [0, 0.1) is 0 Å². The Bertz CT molecular complexity index is 656. The second kappa shape index (κ2) is 13.1. The maximum absolute atomic E-state index is 12.1. The SMILES string of the molecule is CCNC(=NCCN(C(C)C)C1CC1)NCCc1cccc(C(=O)N(C)C)c1.I. The summed E-state index contributed by atoms with van der Waals surface area (Å²) in [5, 5.41) is 6.73. The third-order valence-electron chi connectivity index (χ3n) is 4.94. The Balaban J connectivity index is 0.00000420. The Hall–Kier alpha value is -1.35. The van der Waals surface area contributed by atoms with Crippen molar-refractivity contribution >= 4 is 35.8 Å². The van der Waals surface area contributed by atoms with Crippen LogP contribution in [0.25, 0.3) is 0 Å². The van der Waals surface area contributed by atoms with Crippen LogP contribution in [0.2, 0.25) is 0 Å². The average Bonchev–Trinajstić information content (AvgIpc) is 3.49. The van der Waals surface area contributed by atoms with E-state index in [1.165, 1.54) is 12.8 Å². The third kappa shape index (κ3) is 8.90. The minimum atomic E-state index is 0. The second-order valence-corrected chi connectivity index (χ2v) is 7.90. The number of nitrogens with one attached hydrogen (secondary N) is 2. The first-order valence-corrected chi connectivity index (χ1v) is 10.5. The predicted octanol–water partition coefficient (Wildman–Crippen LogP) is 2.98. The summed E-state index contributed by atoms with van der Waals surface area (Å²) in [7, 11) is 3.55. The Morgan fingerprint density at radius 2 is 1.97 bits per heavy atom. The lowest BCUT2D eigenvalue weighted by atomic mass is 10.1. The summed E-state index contributed by atoms with van der Waals surface area (Å²) in [4.78, 5) is 21.0. The third-order valence-corrected chi connectivity index (χ3v) is 4.94. The molecule has 6 nitrogen and oxygen atoms in total. The Labute approximate surface area is 193 Å². The van der Waals surface area contributed by atoms with Gasteiger partial charge in [-0.25, -0.2) is 0 Å². The summed E-state index contributed by atoms with van der Waals surface area (Å²) in [5.74, 6) is 0.901. The number of rotatable bonds is 10. The zero-order valence-corrected chi connectivity index (χ0v) is 20.9. The molecule has 1 fully saturated rings. The van der Waals surface area contributed by atoms with Crippen LogP contribution in [-0.4, -0.2) is 74.0 Å². The van der Waals surface area contributed by atoms with Gasteiger partial charge in [-0.2, -0.15) is 0 Å². The molecule has 1 aliphatic carbocycles. The summed E-state index contributed by atoms with van der Waals surface area (Å²) in [6.45, 7) is 10.0. The van der Waals surface area contributed by atoms with Crippen molar-refractivity contribution in [2.45, 2.75) is 52.1 Å². The summed E-state index contributed by atoms with van der Waals surface area (Å²) in [5.41, 5.74) is 1.88. The minimum absolute atomic E-state index is 0. The molecule has 1 saturated carbocycles. The molecule has 29 heavy (non-hydrogen) atoms. The molecule has 0 unspecified atom stereocenters. The van der Waals surface area contributed by atoms with E-state index < -0.39 is 0 Å². The molecular formula is C22H38IN5O. The fourth-order valence-electron chi connectivity index (χ4n) is 3.33. The Morgan fingerprint density at radius 3 is 2.55 bits per heavy atom. The molecule has 1 aromatic rings. The monoisotopic (exact) mass is 515 g/mol. The molecule has 2 N–H and O–H groups in total. The van der Waals surface area contributed by atoms with Gasteiger partial charge in [0.05, 0.1) is 6.54 Å². The van der Waals surface area contributed by atoms with Gasteiger partial charge in [-0.15, -0.1) is 24.0 Å². The zero-order chi connectivity index (χ0) is 20.5. The molecule has 0 bridgehead atoms. The highest BCUT2D eigenvalue weighted by atomic mass is 127. The quantitative estimate of drug-likeness (QED) is 0.286. The molecule has 2 rings (SSSR count).